The molecule has 0 unspecified atom stereocenters. The van der Waals surface area contributed by atoms with Crippen LogP contribution in [0.4, 0.5) is 20.3 Å². The molecule has 2 N–H and O–H groups in total. The van der Waals surface area contributed by atoms with Crippen LogP contribution in [0.1, 0.15) is 0 Å². The van der Waals surface area contributed by atoms with E-state index in [0.717, 1.165) is 0 Å². The Kier molecular flexibility index (Phi) is 3.62. The number of hydrogen-bond donors (Lipinski definition) is 2. The summed E-state index contributed by atoms with van der Waals surface area (Å²) in [5, 5.41) is 12.1. The third-order valence-corrected chi connectivity index (χ3v) is 4.00. The number of halogens is 2. The van der Waals surface area contributed by atoms with Gasteiger partial charge in [-0.1, -0.05) is 24.3 Å². The lowest BCUT2D eigenvalue weighted by Gasteiger charge is -2.14. The maximum Gasteiger partial charge on any atom is 0.297 e. The first-order valence-corrected chi connectivity index (χ1v) is 7.62. The summed E-state index contributed by atoms with van der Waals surface area (Å²) in [4.78, 5) is -0.786. The lowest BCUT2D eigenvalue weighted by atomic mass is 10.1. The molecule has 0 saturated carbocycles. The van der Waals surface area contributed by atoms with Gasteiger partial charge in [0.2, 0.25) is 0 Å². The number of nitrogens with one attached hydrogen (secondary N) is 1. The van der Waals surface area contributed by atoms with Crippen LogP contribution in [0.25, 0.3) is 10.8 Å². The van der Waals surface area contributed by atoms with Crippen molar-refractivity contribution in [2.75, 3.05) is 5.32 Å². The van der Waals surface area contributed by atoms with Crippen molar-refractivity contribution in [1.82, 2.24) is 15.4 Å². The third-order valence-electron chi connectivity index (χ3n) is 3.06. The molecule has 0 aliphatic rings. The minimum atomic E-state index is -4.85. The van der Waals surface area contributed by atoms with Crippen molar-refractivity contribution < 1.29 is 21.8 Å². The van der Waals surface area contributed by atoms with E-state index >= 15 is 0 Å². The van der Waals surface area contributed by atoms with Gasteiger partial charge in [0.1, 0.15) is 10.6 Å². The van der Waals surface area contributed by atoms with E-state index in [1.165, 1.54) is 36.5 Å². The first-order chi connectivity index (χ1) is 10.9. The fourth-order valence-corrected chi connectivity index (χ4v) is 3.00. The lowest BCUT2D eigenvalue weighted by Crippen LogP contribution is -2.09. The monoisotopic (exact) mass is 338 g/mol. The highest BCUT2D eigenvalue weighted by atomic mass is 32.2. The summed E-state index contributed by atoms with van der Waals surface area (Å²) in [5.74, 6) is -2.79. The first-order valence-electron chi connectivity index (χ1n) is 6.18. The standard InChI is InChI=1S/C13H8F2N4O3S/c14-10-7-3-1-2-4-8(7)13(23(20,21)22)12(11(10)15)17-9-5-6-16-19-18-9/h1-6H,(H,16,17,18)(H,20,21,22). The topological polar surface area (TPSA) is 105 Å². The summed E-state index contributed by atoms with van der Waals surface area (Å²) in [6.07, 6.45) is 1.22. The number of anilines is 2. The van der Waals surface area contributed by atoms with Gasteiger partial charge in [0.25, 0.3) is 10.1 Å². The maximum absolute atomic E-state index is 14.3. The fourth-order valence-electron chi connectivity index (χ4n) is 2.15. The molecule has 2 aromatic carbocycles. The zero-order chi connectivity index (χ0) is 16.6. The Morgan fingerprint density at radius 1 is 1.04 bits per heavy atom. The van der Waals surface area contributed by atoms with Gasteiger partial charge in [0, 0.05) is 16.8 Å². The molecule has 0 spiro atoms. The van der Waals surface area contributed by atoms with Crippen molar-refractivity contribution in [2.45, 2.75) is 4.90 Å². The molecule has 7 nitrogen and oxygen atoms in total. The second kappa shape index (κ2) is 5.48. The Labute approximate surface area is 128 Å². The summed E-state index contributed by atoms with van der Waals surface area (Å²) >= 11 is 0. The summed E-state index contributed by atoms with van der Waals surface area (Å²) in [5.41, 5.74) is -0.760. The van der Waals surface area contributed by atoms with Crippen LogP contribution >= 0.6 is 0 Å². The molecular weight excluding hydrogens is 330 g/mol. The SMILES string of the molecule is O=S(=O)(O)c1c(Nc2ccnnn2)c(F)c(F)c2ccccc12. The van der Waals surface area contributed by atoms with Crippen molar-refractivity contribution >= 4 is 32.4 Å². The molecule has 0 aliphatic heterocycles. The van der Waals surface area contributed by atoms with Crippen LogP contribution in [0.15, 0.2) is 41.4 Å². The summed E-state index contributed by atoms with van der Waals surface area (Å²) in [7, 11) is -4.85. The van der Waals surface area contributed by atoms with Crippen molar-refractivity contribution in [3.63, 3.8) is 0 Å². The minimum Gasteiger partial charge on any atom is -0.335 e. The molecule has 0 bridgehead atoms. The second-order valence-corrected chi connectivity index (χ2v) is 5.84. The van der Waals surface area contributed by atoms with Crippen molar-refractivity contribution in [2.24, 2.45) is 0 Å². The van der Waals surface area contributed by atoms with E-state index < -0.39 is 32.3 Å². The van der Waals surface area contributed by atoms with Crippen molar-refractivity contribution in [1.29, 1.82) is 0 Å². The number of hydrogen-bond acceptors (Lipinski definition) is 6. The van der Waals surface area contributed by atoms with Crippen LogP contribution in [0.5, 0.6) is 0 Å². The minimum absolute atomic E-state index is 0.0709. The van der Waals surface area contributed by atoms with Crippen LogP contribution in [0, 0.1) is 11.6 Å². The normalized spacial score (nSPS) is 11.6. The van der Waals surface area contributed by atoms with Gasteiger partial charge in [-0.05, 0) is 5.21 Å². The van der Waals surface area contributed by atoms with Crippen LogP contribution in [-0.2, 0) is 10.1 Å². The quantitative estimate of drug-likeness (QED) is 0.706. The highest BCUT2D eigenvalue weighted by Crippen LogP contribution is 2.36. The van der Waals surface area contributed by atoms with Crippen LogP contribution in [0.2, 0.25) is 0 Å². The lowest BCUT2D eigenvalue weighted by molar-refractivity contribution is 0.481. The van der Waals surface area contributed by atoms with E-state index in [4.69, 9.17) is 0 Å². The smallest absolute Gasteiger partial charge is 0.297 e. The molecule has 0 radical (unpaired) electrons. The molecule has 23 heavy (non-hydrogen) atoms. The number of benzene rings is 2. The highest BCUT2D eigenvalue weighted by molar-refractivity contribution is 7.86. The van der Waals surface area contributed by atoms with E-state index in [9.17, 15) is 21.8 Å². The van der Waals surface area contributed by atoms with Crippen molar-refractivity contribution in [3.05, 3.63) is 48.2 Å². The van der Waals surface area contributed by atoms with E-state index in [2.05, 4.69) is 20.7 Å². The van der Waals surface area contributed by atoms with Gasteiger partial charge in [-0.25, -0.2) is 8.78 Å². The summed E-state index contributed by atoms with van der Waals surface area (Å²) < 4.78 is 61.4. The molecule has 3 rings (SSSR count). The predicted octanol–water partition coefficient (Wildman–Crippen LogP) is 2.29. The third kappa shape index (κ3) is 2.69. The molecule has 0 amide bonds. The summed E-state index contributed by atoms with van der Waals surface area (Å²) in [6.45, 7) is 0. The highest BCUT2D eigenvalue weighted by Gasteiger charge is 2.27. The largest absolute Gasteiger partial charge is 0.335 e. The zero-order valence-corrected chi connectivity index (χ0v) is 12.1. The Morgan fingerprint density at radius 2 is 1.74 bits per heavy atom. The molecule has 0 fully saturated rings. The Hall–Kier alpha value is -2.72. The van der Waals surface area contributed by atoms with Gasteiger partial charge in [-0.2, -0.15) is 8.42 Å². The van der Waals surface area contributed by atoms with Crippen LogP contribution in [-0.4, -0.2) is 28.4 Å². The van der Waals surface area contributed by atoms with Gasteiger partial charge in [0.15, 0.2) is 17.5 Å². The van der Waals surface area contributed by atoms with Gasteiger partial charge >= 0.3 is 0 Å². The van der Waals surface area contributed by atoms with Gasteiger partial charge in [0.05, 0.1) is 6.20 Å². The number of aromatic nitrogens is 3. The van der Waals surface area contributed by atoms with Gasteiger partial charge in [-0.15, -0.1) is 10.2 Å². The zero-order valence-electron chi connectivity index (χ0n) is 11.2. The molecule has 0 saturated heterocycles. The average Bonchev–Trinajstić information content (AvgIpc) is 2.52. The van der Waals surface area contributed by atoms with E-state index in [-0.39, 0.29) is 16.6 Å². The maximum atomic E-state index is 14.3. The second-order valence-electron chi connectivity index (χ2n) is 4.48. The number of nitrogens with zero attached hydrogens (tertiary/aromatic N) is 3. The molecule has 1 aromatic heterocycles. The summed E-state index contributed by atoms with van der Waals surface area (Å²) in [6, 6.07) is 6.58. The molecule has 10 heteroatoms. The van der Waals surface area contributed by atoms with Crippen LogP contribution < -0.4 is 5.32 Å². The van der Waals surface area contributed by atoms with E-state index in [0.29, 0.717) is 0 Å². The molecule has 0 aliphatic carbocycles. The van der Waals surface area contributed by atoms with E-state index in [1.54, 1.807) is 0 Å². The average molecular weight is 338 g/mol. The molecule has 0 atom stereocenters. The number of rotatable bonds is 3. The predicted molar refractivity (Wildman–Crippen MR) is 76.8 cm³/mol. The first kappa shape index (κ1) is 15.2. The van der Waals surface area contributed by atoms with Gasteiger partial charge in [-0.3, -0.25) is 4.55 Å². The molecule has 1 heterocycles. The fraction of sp³-hybridized carbons (Fsp3) is 0. The molecule has 118 valence electrons. The van der Waals surface area contributed by atoms with Crippen molar-refractivity contribution in [3.8, 4) is 0 Å². The Balaban J connectivity index is 2.38. The van der Waals surface area contributed by atoms with Gasteiger partial charge < -0.3 is 5.32 Å². The molecular formula is C13H8F2N4O3S. The molecule has 3 aromatic rings. The van der Waals surface area contributed by atoms with Crippen LogP contribution in [0.3, 0.4) is 0 Å². The Bertz CT molecular complexity index is 997. The number of fused-ring (bicyclic) bond motifs is 1. The Morgan fingerprint density at radius 3 is 2.35 bits per heavy atom. The van der Waals surface area contributed by atoms with E-state index in [1.807, 2.05) is 0 Å².